The molecule has 90 valence electrons. The summed E-state index contributed by atoms with van der Waals surface area (Å²) in [6, 6.07) is 0.0552. The number of carbonyl (C=O) groups is 1. The number of likely N-dealkylation sites (N-methyl/N-ethyl adjacent to an activating group) is 1. The zero-order valence-electron chi connectivity index (χ0n) is 10.5. The number of ether oxygens (including phenoxy) is 1. The topological polar surface area (TPSA) is 41.6 Å². The van der Waals surface area contributed by atoms with E-state index in [1.807, 2.05) is 34.7 Å². The van der Waals surface area contributed by atoms with E-state index >= 15 is 0 Å². The average molecular weight is 216 g/mol. The Balaban J connectivity index is 3.90. The molecule has 0 bridgehead atoms. The Kier molecular flexibility index (Phi) is 7.34. The number of nitrogens with one attached hydrogen (secondary N) is 1. The molecule has 0 fully saturated rings. The van der Waals surface area contributed by atoms with Gasteiger partial charge in [0, 0.05) is 26.2 Å². The van der Waals surface area contributed by atoms with Crippen molar-refractivity contribution in [1.82, 2.24) is 10.2 Å². The summed E-state index contributed by atoms with van der Waals surface area (Å²) < 4.78 is 5.28. The predicted octanol–water partition coefficient (Wildman–Crippen LogP) is 0.868. The van der Waals surface area contributed by atoms with Gasteiger partial charge in [-0.2, -0.15) is 0 Å². The minimum absolute atomic E-state index is 0.126. The van der Waals surface area contributed by atoms with E-state index in [2.05, 4.69) is 5.32 Å². The highest BCUT2D eigenvalue weighted by atomic mass is 16.5. The first-order valence-corrected chi connectivity index (χ1v) is 5.61. The zero-order valence-corrected chi connectivity index (χ0v) is 10.5. The van der Waals surface area contributed by atoms with Crippen molar-refractivity contribution < 1.29 is 9.53 Å². The highest BCUT2D eigenvalue weighted by Crippen LogP contribution is 1.94. The minimum atomic E-state index is -0.148. The number of amides is 1. The lowest BCUT2D eigenvalue weighted by molar-refractivity contribution is -0.131. The molecule has 0 aromatic carbocycles. The van der Waals surface area contributed by atoms with Crippen molar-refractivity contribution in [2.75, 3.05) is 26.8 Å². The molecule has 2 atom stereocenters. The van der Waals surface area contributed by atoms with Gasteiger partial charge in [-0.1, -0.05) is 0 Å². The van der Waals surface area contributed by atoms with Crippen molar-refractivity contribution in [2.24, 2.45) is 0 Å². The molecule has 4 nitrogen and oxygen atoms in total. The molecule has 2 unspecified atom stereocenters. The van der Waals surface area contributed by atoms with Crippen molar-refractivity contribution in [1.29, 1.82) is 0 Å². The van der Waals surface area contributed by atoms with Gasteiger partial charge in [-0.25, -0.2) is 0 Å². The number of rotatable bonds is 7. The van der Waals surface area contributed by atoms with Crippen LogP contribution >= 0.6 is 0 Å². The van der Waals surface area contributed by atoms with Gasteiger partial charge in [0.1, 0.15) is 0 Å². The van der Waals surface area contributed by atoms with E-state index in [9.17, 15) is 4.79 Å². The SMILES string of the molecule is CCOCC(C)NC(C)C(=O)N(C)CC. The fraction of sp³-hybridized carbons (Fsp3) is 0.909. The summed E-state index contributed by atoms with van der Waals surface area (Å²) in [6.07, 6.45) is 0. The Morgan fingerprint density at radius 3 is 2.47 bits per heavy atom. The lowest BCUT2D eigenvalue weighted by atomic mass is 10.2. The highest BCUT2D eigenvalue weighted by molar-refractivity contribution is 5.81. The van der Waals surface area contributed by atoms with Gasteiger partial charge >= 0.3 is 0 Å². The van der Waals surface area contributed by atoms with E-state index in [1.54, 1.807) is 4.90 Å². The third-order valence-corrected chi connectivity index (χ3v) is 2.33. The molecule has 1 N–H and O–H groups in total. The molecule has 0 saturated heterocycles. The monoisotopic (exact) mass is 216 g/mol. The number of carbonyl (C=O) groups excluding carboxylic acids is 1. The van der Waals surface area contributed by atoms with Crippen LogP contribution in [-0.2, 0) is 9.53 Å². The molecule has 0 rings (SSSR count). The van der Waals surface area contributed by atoms with Crippen LogP contribution in [0.5, 0.6) is 0 Å². The number of nitrogens with zero attached hydrogens (tertiary/aromatic N) is 1. The quantitative estimate of drug-likeness (QED) is 0.686. The maximum Gasteiger partial charge on any atom is 0.239 e. The number of hydrogen-bond donors (Lipinski definition) is 1. The van der Waals surface area contributed by atoms with Gasteiger partial charge in [-0.15, -0.1) is 0 Å². The van der Waals surface area contributed by atoms with E-state index in [0.717, 1.165) is 6.54 Å². The fourth-order valence-electron chi connectivity index (χ4n) is 1.33. The normalized spacial score (nSPS) is 14.7. The maximum absolute atomic E-state index is 11.7. The maximum atomic E-state index is 11.7. The summed E-state index contributed by atoms with van der Waals surface area (Å²) >= 11 is 0. The Labute approximate surface area is 93.0 Å². The molecule has 0 radical (unpaired) electrons. The van der Waals surface area contributed by atoms with Crippen molar-refractivity contribution in [3.8, 4) is 0 Å². The molecule has 0 aromatic rings. The first-order valence-electron chi connectivity index (χ1n) is 5.61. The van der Waals surface area contributed by atoms with Gasteiger partial charge < -0.3 is 15.0 Å². The third kappa shape index (κ3) is 5.74. The molecule has 0 spiro atoms. The predicted molar refractivity (Wildman–Crippen MR) is 61.9 cm³/mol. The zero-order chi connectivity index (χ0) is 11.8. The molecule has 15 heavy (non-hydrogen) atoms. The van der Waals surface area contributed by atoms with E-state index in [0.29, 0.717) is 13.2 Å². The molecule has 0 saturated carbocycles. The molecule has 1 amide bonds. The Morgan fingerprint density at radius 1 is 1.40 bits per heavy atom. The standard InChI is InChI=1S/C11H24N2O2/c1-6-13(5)11(14)10(4)12-9(3)8-15-7-2/h9-10,12H,6-8H2,1-5H3. The Morgan fingerprint density at radius 2 is 2.00 bits per heavy atom. The van der Waals surface area contributed by atoms with Crippen LogP contribution in [0, 0.1) is 0 Å². The van der Waals surface area contributed by atoms with Gasteiger partial charge in [0.2, 0.25) is 5.91 Å². The van der Waals surface area contributed by atoms with Crippen molar-refractivity contribution in [3.05, 3.63) is 0 Å². The first kappa shape index (κ1) is 14.4. The van der Waals surface area contributed by atoms with Crippen LogP contribution in [0.3, 0.4) is 0 Å². The molecule has 0 aliphatic heterocycles. The van der Waals surface area contributed by atoms with Crippen molar-refractivity contribution >= 4 is 5.91 Å². The van der Waals surface area contributed by atoms with Gasteiger partial charge in [0.05, 0.1) is 12.6 Å². The molecule has 0 heterocycles. The molecular weight excluding hydrogens is 192 g/mol. The second-order valence-electron chi connectivity index (χ2n) is 3.80. The van der Waals surface area contributed by atoms with Gasteiger partial charge in [-0.3, -0.25) is 4.79 Å². The van der Waals surface area contributed by atoms with E-state index in [1.165, 1.54) is 0 Å². The van der Waals surface area contributed by atoms with Gasteiger partial charge in [0.15, 0.2) is 0 Å². The summed E-state index contributed by atoms with van der Waals surface area (Å²) in [6.45, 7) is 9.93. The summed E-state index contributed by atoms with van der Waals surface area (Å²) in [7, 11) is 1.81. The Bertz CT molecular complexity index is 185. The van der Waals surface area contributed by atoms with Crippen LogP contribution in [-0.4, -0.2) is 49.7 Å². The van der Waals surface area contributed by atoms with E-state index < -0.39 is 0 Å². The smallest absolute Gasteiger partial charge is 0.239 e. The lowest BCUT2D eigenvalue weighted by Gasteiger charge is -2.23. The average Bonchev–Trinajstić information content (AvgIpc) is 2.23. The molecule has 0 aromatic heterocycles. The van der Waals surface area contributed by atoms with Crippen LogP contribution in [0.1, 0.15) is 27.7 Å². The highest BCUT2D eigenvalue weighted by Gasteiger charge is 2.17. The fourth-order valence-corrected chi connectivity index (χ4v) is 1.33. The third-order valence-electron chi connectivity index (χ3n) is 2.33. The summed E-state index contributed by atoms with van der Waals surface area (Å²) in [4.78, 5) is 13.4. The lowest BCUT2D eigenvalue weighted by Crippen LogP contribution is -2.47. The van der Waals surface area contributed by atoms with Crippen LogP contribution < -0.4 is 5.32 Å². The molecule has 4 heteroatoms. The van der Waals surface area contributed by atoms with Crippen molar-refractivity contribution in [2.45, 2.75) is 39.8 Å². The second kappa shape index (κ2) is 7.65. The van der Waals surface area contributed by atoms with Crippen LogP contribution in [0.15, 0.2) is 0 Å². The van der Waals surface area contributed by atoms with E-state index in [-0.39, 0.29) is 18.0 Å². The first-order chi connectivity index (χ1) is 7.02. The minimum Gasteiger partial charge on any atom is -0.380 e. The van der Waals surface area contributed by atoms with E-state index in [4.69, 9.17) is 4.74 Å². The summed E-state index contributed by atoms with van der Waals surface area (Å²) in [5.41, 5.74) is 0. The Hall–Kier alpha value is -0.610. The largest absolute Gasteiger partial charge is 0.380 e. The second-order valence-corrected chi connectivity index (χ2v) is 3.80. The number of hydrogen-bond acceptors (Lipinski definition) is 3. The van der Waals surface area contributed by atoms with Crippen LogP contribution in [0.2, 0.25) is 0 Å². The molecule has 0 aliphatic rings. The summed E-state index contributed by atoms with van der Waals surface area (Å²) in [5, 5.41) is 3.21. The van der Waals surface area contributed by atoms with Gasteiger partial charge in [0.25, 0.3) is 0 Å². The van der Waals surface area contributed by atoms with Gasteiger partial charge in [-0.05, 0) is 27.7 Å². The molecule has 0 aliphatic carbocycles. The van der Waals surface area contributed by atoms with Crippen molar-refractivity contribution in [3.63, 3.8) is 0 Å². The summed E-state index contributed by atoms with van der Waals surface area (Å²) in [5.74, 6) is 0.126. The van der Waals surface area contributed by atoms with Crippen LogP contribution in [0.4, 0.5) is 0 Å². The van der Waals surface area contributed by atoms with Crippen LogP contribution in [0.25, 0.3) is 0 Å². The molecular formula is C11H24N2O2.